The number of benzene rings is 2. The summed E-state index contributed by atoms with van der Waals surface area (Å²) in [7, 11) is 4.22. The highest BCUT2D eigenvalue weighted by molar-refractivity contribution is 7.99. The minimum atomic E-state index is -0.349. The van der Waals surface area contributed by atoms with Gasteiger partial charge in [0.25, 0.3) is 0 Å². The predicted octanol–water partition coefficient (Wildman–Crippen LogP) is 3.04. The molecule has 1 heterocycles. The van der Waals surface area contributed by atoms with Crippen molar-refractivity contribution in [2.45, 2.75) is 31.1 Å². The highest BCUT2D eigenvalue weighted by Crippen LogP contribution is 2.23. The van der Waals surface area contributed by atoms with Gasteiger partial charge in [-0.25, -0.2) is 4.39 Å². The van der Waals surface area contributed by atoms with Gasteiger partial charge in [-0.15, -0.1) is 10.2 Å². The molecule has 0 aliphatic carbocycles. The Bertz CT molecular complexity index is 941. The number of nitrogens with one attached hydrogen (secondary N) is 1. The third-order valence-corrected chi connectivity index (χ3v) is 5.81. The molecule has 152 valence electrons. The normalized spacial score (nSPS) is 12.3. The van der Waals surface area contributed by atoms with E-state index >= 15 is 0 Å². The zero-order valence-electron chi connectivity index (χ0n) is 16.9. The van der Waals surface area contributed by atoms with Gasteiger partial charge >= 0.3 is 0 Å². The average molecular weight is 414 g/mol. The molecule has 3 rings (SSSR count). The number of halogens is 1. The Morgan fingerprint density at radius 2 is 1.79 bits per heavy atom. The Hall–Kier alpha value is -2.51. The molecule has 0 aliphatic rings. The van der Waals surface area contributed by atoms with Crippen molar-refractivity contribution >= 4 is 17.5 Å². The van der Waals surface area contributed by atoms with Gasteiger partial charge in [0.05, 0.1) is 26.4 Å². The Morgan fingerprint density at radius 3 is 2.41 bits per heavy atom. The molecule has 1 aromatic heterocycles. The molecule has 29 heavy (non-hydrogen) atoms. The highest BCUT2D eigenvalue weighted by Gasteiger charge is 2.25. The number of carbonyl (C=O) groups is 1. The van der Waals surface area contributed by atoms with Crippen LogP contribution < -0.4 is 4.90 Å². The molecule has 0 spiro atoms. The number of nitrogens with zero attached hydrogens (tertiary/aromatic N) is 3. The summed E-state index contributed by atoms with van der Waals surface area (Å²) in [5, 5.41) is 9.59. The van der Waals surface area contributed by atoms with Crippen LogP contribution in [0.2, 0.25) is 0 Å². The molecule has 5 nitrogen and oxygen atoms in total. The largest absolute Gasteiger partial charge is 0.331 e. The molecule has 1 atom stereocenters. The van der Waals surface area contributed by atoms with E-state index in [0.717, 1.165) is 23.0 Å². The van der Waals surface area contributed by atoms with E-state index in [1.54, 1.807) is 0 Å². The Morgan fingerprint density at radius 1 is 1.10 bits per heavy atom. The Balaban J connectivity index is 1.84. The van der Waals surface area contributed by atoms with Crippen molar-refractivity contribution < 1.29 is 14.1 Å². The van der Waals surface area contributed by atoms with Gasteiger partial charge in [0.1, 0.15) is 11.9 Å². The minimum absolute atomic E-state index is 0.0592. The van der Waals surface area contributed by atoms with E-state index in [1.165, 1.54) is 40.9 Å². The second kappa shape index (κ2) is 9.80. The number of aromatic nitrogens is 3. The monoisotopic (exact) mass is 413 g/mol. The molecule has 0 bridgehead atoms. The maximum atomic E-state index is 13.1. The van der Waals surface area contributed by atoms with E-state index in [2.05, 4.69) is 47.9 Å². The number of carbonyl (C=O) groups excluding carboxylic acids is 1. The van der Waals surface area contributed by atoms with Crippen LogP contribution in [0.15, 0.2) is 59.8 Å². The topological polar surface area (TPSA) is 52.2 Å². The van der Waals surface area contributed by atoms with Gasteiger partial charge in [-0.1, -0.05) is 49.0 Å². The summed E-state index contributed by atoms with van der Waals surface area (Å²) in [6, 6.07) is 16.0. The van der Waals surface area contributed by atoms with Crippen molar-refractivity contribution in [2.75, 3.05) is 19.8 Å². The van der Waals surface area contributed by atoms with Gasteiger partial charge in [-0.05, 0) is 29.8 Å². The van der Waals surface area contributed by atoms with Crippen LogP contribution in [0.1, 0.15) is 41.1 Å². The first-order valence-electron chi connectivity index (χ1n) is 9.68. The second-order valence-corrected chi connectivity index (χ2v) is 8.11. The minimum Gasteiger partial charge on any atom is -0.331 e. The second-order valence-electron chi connectivity index (χ2n) is 7.17. The molecule has 0 saturated carbocycles. The molecule has 1 N–H and O–H groups in total. The smallest absolute Gasteiger partial charge is 0.192 e. The lowest BCUT2D eigenvalue weighted by atomic mass is 10.1. The van der Waals surface area contributed by atoms with E-state index in [9.17, 15) is 9.18 Å². The SMILES string of the molecule is CC[C@H](c1nnc(SCC(=O)c2ccc(F)cc2)n1Cc1ccccc1)[NH+](C)C. The van der Waals surface area contributed by atoms with Crippen LogP contribution in [-0.2, 0) is 6.54 Å². The first kappa shape index (κ1) is 21.2. The quantitative estimate of drug-likeness (QED) is 0.433. The summed E-state index contributed by atoms with van der Waals surface area (Å²) >= 11 is 1.37. The summed E-state index contributed by atoms with van der Waals surface area (Å²) in [5.41, 5.74) is 1.65. The van der Waals surface area contributed by atoms with Crippen LogP contribution in [0, 0.1) is 5.82 Å². The summed E-state index contributed by atoms with van der Waals surface area (Å²) in [6.07, 6.45) is 0.939. The fraction of sp³-hybridized carbons (Fsp3) is 0.318. The molecule has 3 aromatic rings. The number of hydrogen-bond donors (Lipinski definition) is 1. The van der Waals surface area contributed by atoms with Crippen LogP contribution in [0.3, 0.4) is 0 Å². The van der Waals surface area contributed by atoms with Crippen molar-refractivity contribution in [1.29, 1.82) is 0 Å². The Kier molecular flexibility index (Phi) is 7.17. The lowest BCUT2D eigenvalue weighted by Crippen LogP contribution is -3.06. The lowest BCUT2D eigenvalue weighted by molar-refractivity contribution is -0.893. The summed E-state index contributed by atoms with van der Waals surface area (Å²) in [5.74, 6) is 0.742. The summed E-state index contributed by atoms with van der Waals surface area (Å²) < 4.78 is 15.2. The van der Waals surface area contributed by atoms with Crippen molar-refractivity contribution in [1.82, 2.24) is 14.8 Å². The first-order valence-corrected chi connectivity index (χ1v) is 10.7. The molecule has 0 unspecified atom stereocenters. The number of thioether (sulfide) groups is 1. The van der Waals surface area contributed by atoms with Crippen LogP contribution in [0.25, 0.3) is 0 Å². The van der Waals surface area contributed by atoms with E-state index in [4.69, 9.17) is 0 Å². The lowest BCUT2D eigenvalue weighted by Gasteiger charge is -2.20. The van der Waals surface area contributed by atoms with Crippen molar-refractivity contribution in [2.24, 2.45) is 0 Å². The van der Waals surface area contributed by atoms with Crippen molar-refractivity contribution in [3.8, 4) is 0 Å². The zero-order valence-corrected chi connectivity index (χ0v) is 17.7. The van der Waals surface area contributed by atoms with Gasteiger partial charge in [0.15, 0.2) is 16.8 Å². The number of rotatable bonds is 9. The molecular weight excluding hydrogens is 387 g/mol. The molecule has 0 fully saturated rings. The fourth-order valence-electron chi connectivity index (χ4n) is 3.28. The molecule has 0 radical (unpaired) electrons. The van der Waals surface area contributed by atoms with Crippen LogP contribution in [0.4, 0.5) is 4.39 Å². The molecular formula is C22H26FN4OS+. The van der Waals surface area contributed by atoms with Crippen LogP contribution in [0.5, 0.6) is 0 Å². The molecule has 0 saturated heterocycles. The first-order chi connectivity index (χ1) is 14.0. The number of hydrogen-bond acceptors (Lipinski definition) is 4. The van der Waals surface area contributed by atoms with Crippen molar-refractivity contribution in [3.05, 3.63) is 77.4 Å². The highest BCUT2D eigenvalue weighted by atomic mass is 32.2. The van der Waals surface area contributed by atoms with Crippen LogP contribution >= 0.6 is 11.8 Å². The molecule has 2 aromatic carbocycles. The standard InChI is InChI=1S/C22H25FN4OS/c1-4-19(26(2)3)21-24-25-22(27(21)14-16-8-6-5-7-9-16)29-15-20(28)17-10-12-18(23)13-11-17/h5-13,19H,4,14-15H2,1-3H3/p+1/t19-/m1/s1. The van der Waals surface area contributed by atoms with Crippen molar-refractivity contribution in [3.63, 3.8) is 0 Å². The average Bonchev–Trinajstić information content (AvgIpc) is 3.10. The molecule has 0 aliphatic heterocycles. The number of quaternary nitrogens is 1. The molecule has 7 heteroatoms. The maximum Gasteiger partial charge on any atom is 0.192 e. The maximum absolute atomic E-state index is 13.1. The summed E-state index contributed by atoms with van der Waals surface area (Å²) in [6.45, 7) is 2.80. The van der Waals surface area contributed by atoms with E-state index in [0.29, 0.717) is 12.1 Å². The van der Waals surface area contributed by atoms with Crippen LogP contribution in [-0.4, -0.2) is 40.4 Å². The van der Waals surface area contributed by atoms with E-state index in [-0.39, 0.29) is 23.4 Å². The van der Waals surface area contributed by atoms with Gasteiger partial charge in [0.2, 0.25) is 0 Å². The fourth-order valence-corrected chi connectivity index (χ4v) is 4.12. The third kappa shape index (κ3) is 5.31. The third-order valence-electron chi connectivity index (χ3n) is 4.84. The van der Waals surface area contributed by atoms with Gasteiger partial charge in [-0.2, -0.15) is 0 Å². The van der Waals surface area contributed by atoms with Gasteiger partial charge in [0, 0.05) is 12.0 Å². The molecule has 0 amide bonds. The predicted molar refractivity (Wildman–Crippen MR) is 113 cm³/mol. The summed E-state index contributed by atoms with van der Waals surface area (Å²) in [4.78, 5) is 13.8. The number of ketones is 1. The van der Waals surface area contributed by atoms with E-state index < -0.39 is 0 Å². The number of Topliss-reactive ketones (excluding diaryl/α,β-unsaturated/α-hetero) is 1. The van der Waals surface area contributed by atoms with Gasteiger partial charge < -0.3 is 4.90 Å². The Labute approximate surface area is 175 Å². The van der Waals surface area contributed by atoms with E-state index in [1.807, 2.05) is 18.2 Å². The van der Waals surface area contributed by atoms with Gasteiger partial charge in [-0.3, -0.25) is 9.36 Å². The zero-order chi connectivity index (χ0) is 20.8.